The smallest absolute Gasteiger partial charge is 0.227 e. The van der Waals surface area contributed by atoms with Crippen molar-refractivity contribution in [3.05, 3.63) is 36.4 Å². The molecule has 0 radical (unpaired) electrons. The van der Waals surface area contributed by atoms with Gasteiger partial charge in [-0.1, -0.05) is 29.8 Å². The highest BCUT2D eigenvalue weighted by Crippen LogP contribution is 2.28. The normalized spacial score (nSPS) is 16.0. The van der Waals surface area contributed by atoms with Crippen molar-refractivity contribution in [3.63, 3.8) is 0 Å². The molecule has 3 aromatic rings. The fourth-order valence-corrected chi connectivity index (χ4v) is 3.62. The lowest BCUT2D eigenvalue weighted by molar-refractivity contribution is 0.223. The third-order valence-electron chi connectivity index (χ3n) is 4.92. The molecule has 0 saturated carbocycles. The third-order valence-corrected chi connectivity index (χ3v) is 4.92. The minimum atomic E-state index is 0.694. The fourth-order valence-electron chi connectivity index (χ4n) is 3.62. The Morgan fingerprint density at radius 3 is 2.83 bits per heavy atom. The highest BCUT2D eigenvalue weighted by molar-refractivity contribution is 5.94. The van der Waals surface area contributed by atoms with E-state index in [0.717, 1.165) is 30.8 Å². The van der Waals surface area contributed by atoms with E-state index >= 15 is 0 Å². The molecular weight excluding hydrogens is 300 g/mol. The molecule has 0 N–H and O–H groups in total. The standard InChI is InChI=1S/C19H24N4O/c1-22-14-16(15-8-3-4-9-17(15)22)19-20-18(24-21-19)10-7-13-23-11-5-2-6-12-23/h3-4,8-9,14H,2,5-7,10-13H2,1H3. The van der Waals surface area contributed by atoms with Crippen LogP contribution in [0.4, 0.5) is 0 Å². The van der Waals surface area contributed by atoms with Gasteiger partial charge in [-0.3, -0.25) is 0 Å². The number of rotatable bonds is 5. The van der Waals surface area contributed by atoms with Gasteiger partial charge in [0.1, 0.15) is 0 Å². The lowest BCUT2D eigenvalue weighted by Gasteiger charge is -2.25. The molecular formula is C19H24N4O. The predicted octanol–water partition coefficient (Wildman–Crippen LogP) is 3.65. The quantitative estimate of drug-likeness (QED) is 0.719. The largest absolute Gasteiger partial charge is 0.350 e. The molecule has 3 heterocycles. The number of hydrogen-bond acceptors (Lipinski definition) is 4. The van der Waals surface area contributed by atoms with Gasteiger partial charge in [0.15, 0.2) is 0 Å². The molecule has 1 aliphatic rings. The maximum atomic E-state index is 5.48. The Labute approximate surface area is 142 Å². The van der Waals surface area contributed by atoms with Crippen molar-refractivity contribution in [2.75, 3.05) is 19.6 Å². The Kier molecular flexibility index (Phi) is 4.34. The topological polar surface area (TPSA) is 47.1 Å². The second-order valence-corrected chi connectivity index (χ2v) is 6.69. The van der Waals surface area contributed by atoms with Crippen molar-refractivity contribution < 1.29 is 4.52 Å². The average molecular weight is 324 g/mol. The van der Waals surface area contributed by atoms with E-state index < -0.39 is 0 Å². The van der Waals surface area contributed by atoms with E-state index in [1.165, 1.54) is 43.3 Å². The van der Waals surface area contributed by atoms with E-state index in [9.17, 15) is 0 Å². The number of nitrogens with zero attached hydrogens (tertiary/aromatic N) is 4. The lowest BCUT2D eigenvalue weighted by Crippen LogP contribution is -2.30. The monoisotopic (exact) mass is 324 g/mol. The van der Waals surface area contributed by atoms with Crippen LogP contribution in [0.2, 0.25) is 0 Å². The summed E-state index contributed by atoms with van der Waals surface area (Å²) in [4.78, 5) is 7.16. The number of fused-ring (bicyclic) bond motifs is 1. The number of para-hydroxylation sites is 1. The van der Waals surface area contributed by atoms with Gasteiger partial charge >= 0.3 is 0 Å². The number of aryl methyl sites for hydroxylation is 2. The van der Waals surface area contributed by atoms with Gasteiger partial charge in [-0.2, -0.15) is 4.98 Å². The first-order valence-corrected chi connectivity index (χ1v) is 8.90. The molecule has 0 unspecified atom stereocenters. The Bertz CT molecular complexity index is 814. The Morgan fingerprint density at radius 2 is 1.96 bits per heavy atom. The van der Waals surface area contributed by atoms with Crippen molar-refractivity contribution in [1.29, 1.82) is 0 Å². The molecule has 0 aliphatic carbocycles. The van der Waals surface area contributed by atoms with Crippen LogP contribution in [0.25, 0.3) is 22.3 Å². The molecule has 1 fully saturated rings. The second kappa shape index (κ2) is 6.77. The van der Waals surface area contributed by atoms with Gasteiger partial charge in [0.05, 0.1) is 0 Å². The molecule has 5 nitrogen and oxygen atoms in total. The van der Waals surface area contributed by atoms with Gasteiger partial charge in [0.2, 0.25) is 11.7 Å². The zero-order chi connectivity index (χ0) is 16.4. The van der Waals surface area contributed by atoms with E-state index in [4.69, 9.17) is 4.52 Å². The van der Waals surface area contributed by atoms with Crippen LogP contribution in [-0.4, -0.2) is 39.2 Å². The average Bonchev–Trinajstić information content (AvgIpc) is 3.21. The van der Waals surface area contributed by atoms with Crippen LogP contribution in [0.3, 0.4) is 0 Å². The van der Waals surface area contributed by atoms with Crippen molar-refractivity contribution in [3.8, 4) is 11.4 Å². The maximum absolute atomic E-state index is 5.48. The summed E-state index contributed by atoms with van der Waals surface area (Å²) in [5.41, 5.74) is 2.23. The van der Waals surface area contributed by atoms with Crippen LogP contribution in [0.15, 0.2) is 35.0 Å². The Morgan fingerprint density at radius 1 is 1.12 bits per heavy atom. The molecule has 24 heavy (non-hydrogen) atoms. The molecule has 0 amide bonds. The number of hydrogen-bond donors (Lipinski definition) is 0. The van der Waals surface area contributed by atoms with E-state index in [0.29, 0.717) is 5.82 Å². The molecule has 5 heteroatoms. The molecule has 1 aliphatic heterocycles. The van der Waals surface area contributed by atoms with Crippen LogP contribution in [0, 0.1) is 0 Å². The van der Waals surface area contributed by atoms with Gasteiger partial charge in [-0.25, -0.2) is 0 Å². The zero-order valence-corrected chi connectivity index (χ0v) is 14.2. The van der Waals surface area contributed by atoms with Crippen molar-refractivity contribution in [1.82, 2.24) is 19.6 Å². The molecule has 0 spiro atoms. The molecule has 0 bridgehead atoms. The highest BCUT2D eigenvalue weighted by Gasteiger charge is 2.15. The Balaban J connectivity index is 1.44. The number of benzene rings is 1. The summed E-state index contributed by atoms with van der Waals surface area (Å²) in [7, 11) is 2.05. The van der Waals surface area contributed by atoms with Crippen molar-refractivity contribution in [2.45, 2.75) is 32.1 Å². The molecule has 1 saturated heterocycles. The highest BCUT2D eigenvalue weighted by atomic mass is 16.5. The SMILES string of the molecule is Cn1cc(-c2noc(CCCN3CCCCC3)n2)c2ccccc21. The van der Waals surface area contributed by atoms with E-state index in [1.807, 2.05) is 19.2 Å². The first-order chi connectivity index (χ1) is 11.8. The predicted molar refractivity (Wildman–Crippen MR) is 94.8 cm³/mol. The lowest BCUT2D eigenvalue weighted by atomic mass is 10.1. The van der Waals surface area contributed by atoms with Crippen LogP contribution in [0.5, 0.6) is 0 Å². The van der Waals surface area contributed by atoms with E-state index in [1.54, 1.807) is 0 Å². The molecule has 126 valence electrons. The van der Waals surface area contributed by atoms with Crippen molar-refractivity contribution >= 4 is 10.9 Å². The van der Waals surface area contributed by atoms with Crippen LogP contribution in [0.1, 0.15) is 31.6 Å². The number of piperidine rings is 1. The summed E-state index contributed by atoms with van der Waals surface area (Å²) in [6.07, 6.45) is 8.07. The van der Waals surface area contributed by atoms with Crippen LogP contribution in [-0.2, 0) is 13.5 Å². The Hall–Kier alpha value is -2.14. The maximum Gasteiger partial charge on any atom is 0.227 e. The second-order valence-electron chi connectivity index (χ2n) is 6.69. The van der Waals surface area contributed by atoms with Crippen molar-refractivity contribution in [2.24, 2.45) is 7.05 Å². The molecule has 4 rings (SSSR count). The van der Waals surface area contributed by atoms with E-state index in [2.05, 4.69) is 37.9 Å². The summed E-state index contributed by atoms with van der Waals surface area (Å²) >= 11 is 0. The minimum absolute atomic E-state index is 0.694. The van der Waals surface area contributed by atoms with Crippen LogP contribution >= 0.6 is 0 Å². The first-order valence-electron chi connectivity index (χ1n) is 8.90. The summed E-state index contributed by atoms with van der Waals surface area (Å²) in [6.45, 7) is 3.61. The summed E-state index contributed by atoms with van der Waals surface area (Å²) in [5, 5.41) is 5.37. The molecule has 1 aromatic carbocycles. The molecule has 0 atom stereocenters. The van der Waals surface area contributed by atoms with Gasteiger partial charge in [-0.05, 0) is 45.0 Å². The van der Waals surface area contributed by atoms with Gasteiger partial charge in [0.25, 0.3) is 0 Å². The minimum Gasteiger partial charge on any atom is -0.350 e. The summed E-state index contributed by atoms with van der Waals surface area (Å²) < 4.78 is 7.59. The van der Waals surface area contributed by atoms with Crippen LogP contribution < -0.4 is 0 Å². The zero-order valence-electron chi connectivity index (χ0n) is 14.2. The summed E-state index contributed by atoms with van der Waals surface area (Å²) in [6, 6.07) is 8.31. The molecule has 2 aromatic heterocycles. The van der Waals surface area contributed by atoms with Gasteiger partial charge in [-0.15, -0.1) is 0 Å². The van der Waals surface area contributed by atoms with E-state index in [-0.39, 0.29) is 0 Å². The summed E-state index contributed by atoms with van der Waals surface area (Å²) in [5.74, 6) is 1.44. The van der Waals surface area contributed by atoms with Gasteiger partial charge in [0, 0.05) is 36.1 Å². The number of likely N-dealkylation sites (tertiary alicyclic amines) is 1. The van der Waals surface area contributed by atoms with Gasteiger partial charge < -0.3 is 14.0 Å². The fraction of sp³-hybridized carbons (Fsp3) is 0.474. The number of aromatic nitrogens is 3. The first kappa shape index (κ1) is 15.4. The third kappa shape index (κ3) is 3.08.